The van der Waals surface area contributed by atoms with Crippen molar-refractivity contribution in [2.45, 2.75) is 25.5 Å². The molecule has 0 aromatic heterocycles. The lowest BCUT2D eigenvalue weighted by atomic mass is 9.99. The SMILES string of the molecule is COC(OC)C1=NC=C(C(=O)NCc2ccc(F)cc2F)C(=O)C1OCc1ccccc1. The minimum Gasteiger partial charge on any atom is -0.359 e. The monoisotopic (exact) mass is 444 g/mol. The average Bonchev–Trinajstić information content (AvgIpc) is 2.79. The first-order chi connectivity index (χ1) is 15.4. The smallest absolute Gasteiger partial charge is 0.256 e. The summed E-state index contributed by atoms with van der Waals surface area (Å²) in [6.45, 7) is -0.146. The molecule has 0 aliphatic carbocycles. The highest BCUT2D eigenvalue weighted by Crippen LogP contribution is 2.19. The lowest BCUT2D eigenvalue weighted by molar-refractivity contribution is -0.129. The molecule has 0 bridgehead atoms. The molecule has 9 heteroatoms. The largest absolute Gasteiger partial charge is 0.359 e. The Hall–Kier alpha value is -3.27. The fourth-order valence-corrected chi connectivity index (χ4v) is 3.09. The highest BCUT2D eigenvalue weighted by atomic mass is 19.1. The van der Waals surface area contributed by atoms with Crippen molar-refractivity contribution in [3.05, 3.63) is 83.1 Å². The molecule has 0 saturated heterocycles. The van der Waals surface area contributed by atoms with Crippen LogP contribution >= 0.6 is 0 Å². The summed E-state index contributed by atoms with van der Waals surface area (Å²) in [6, 6.07) is 12.2. The van der Waals surface area contributed by atoms with Gasteiger partial charge in [-0.05, 0) is 11.6 Å². The van der Waals surface area contributed by atoms with Gasteiger partial charge in [-0.25, -0.2) is 8.78 Å². The van der Waals surface area contributed by atoms with Gasteiger partial charge in [-0.2, -0.15) is 0 Å². The van der Waals surface area contributed by atoms with Gasteiger partial charge in [0, 0.05) is 38.6 Å². The third-order valence-corrected chi connectivity index (χ3v) is 4.74. The van der Waals surface area contributed by atoms with Crippen LogP contribution in [0.5, 0.6) is 0 Å². The molecule has 0 spiro atoms. The van der Waals surface area contributed by atoms with E-state index in [4.69, 9.17) is 14.2 Å². The van der Waals surface area contributed by atoms with Crippen molar-refractivity contribution in [2.24, 2.45) is 4.99 Å². The molecule has 1 atom stereocenters. The Balaban J connectivity index is 1.77. The second kappa shape index (κ2) is 10.9. The van der Waals surface area contributed by atoms with Crippen LogP contribution < -0.4 is 5.32 Å². The summed E-state index contributed by atoms with van der Waals surface area (Å²) in [6.07, 6.45) is -1.07. The Morgan fingerprint density at radius 1 is 1.12 bits per heavy atom. The molecule has 2 aromatic rings. The summed E-state index contributed by atoms with van der Waals surface area (Å²) < 4.78 is 43.1. The number of Topliss-reactive ketones (excluding diaryl/α,β-unsaturated/α-hetero) is 1. The second-order valence-corrected chi connectivity index (χ2v) is 6.86. The molecule has 7 nitrogen and oxygen atoms in total. The van der Waals surface area contributed by atoms with Crippen molar-refractivity contribution >= 4 is 17.4 Å². The van der Waals surface area contributed by atoms with E-state index in [1.165, 1.54) is 20.3 Å². The van der Waals surface area contributed by atoms with E-state index >= 15 is 0 Å². The highest BCUT2D eigenvalue weighted by Gasteiger charge is 2.38. The molecule has 1 unspecified atom stereocenters. The van der Waals surface area contributed by atoms with Crippen molar-refractivity contribution in [3.63, 3.8) is 0 Å². The zero-order chi connectivity index (χ0) is 23.1. The van der Waals surface area contributed by atoms with E-state index in [1.807, 2.05) is 30.3 Å². The minimum atomic E-state index is -1.21. The molecule has 1 amide bonds. The first-order valence-electron chi connectivity index (χ1n) is 9.69. The van der Waals surface area contributed by atoms with Crippen LogP contribution in [0.2, 0.25) is 0 Å². The van der Waals surface area contributed by atoms with Crippen LogP contribution in [-0.4, -0.2) is 44.0 Å². The van der Waals surface area contributed by atoms with Crippen LogP contribution in [-0.2, 0) is 37.0 Å². The number of nitrogens with zero attached hydrogens (tertiary/aromatic N) is 1. The Morgan fingerprint density at radius 2 is 1.84 bits per heavy atom. The van der Waals surface area contributed by atoms with Gasteiger partial charge in [0.2, 0.25) is 5.78 Å². The molecular formula is C23H22F2N2O5. The number of benzene rings is 2. The van der Waals surface area contributed by atoms with Crippen molar-refractivity contribution < 1.29 is 32.6 Å². The molecular weight excluding hydrogens is 422 g/mol. The third-order valence-electron chi connectivity index (χ3n) is 4.74. The Labute approximate surface area is 183 Å². The lowest BCUT2D eigenvalue weighted by Gasteiger charge is -2.26. The Kier molecular flexibility index (Phi) is 7.93. The van der Waals surface area contributed by atoms with Crippen molar-refractivity contribution in [3.8, 4) is 0 Å². The van der Waals surface area contributed by atoms with Gasteiger partial charge in [-0.1, -0.05) is 36.4 Å². The van der Waals surface area contributed by atoms with Crippen LogP contribution in [0.1, 0.15) is 11.1 Å². The fourth-order valence-electron chi connectivity index (χ4n) is 3.09. The van der Waals surface area contributed by atoms with Gasteiger partial charge in [0.1, 0.15) is 22.9 Å². The molecule has 0 radical (unpaired) electrons. The Morgan fingerprint density at radius 3 is 2.50 bits per heavy atom. The lowest BCUT2D eigenvalue weighted by Crippen LogP contribution is -2.46. The van der Waals surface area contributed by atoms with E-state index in [0.29, 0.717) is 6.07 Å². The first-order valence-corrected chi connectivity index (χ1v) is 9.69. The molecule has 1 aliphatic heterocycles. The number of amides is 1. The van der Waals surface area contributed by atoms with Gasteiger partial charge in [-0.3, -0.25) is 14.6 Å². The number of hydrogen-bond donors (Lipinski definition) is 1. The number of carbonyl (C=O) groups is 2. The van der Waals surface area contributed by atoms with E-state index in [1.54, 1.807) is 0 Å². The number of rotatable bonds is 9. The molecule has 32 heavy (non-hydrogen) atoms. The molecule has 0 saturated carbocycles. The quantitative estimate of drug-likeness (QED) is 0.475. The van der Waals surface area contributed by atoms with Gasteiger partial charge < -0.3 is 19.5 Å². The standard InChI is InChI=1S/C23H22F2N2O5/c1-30-23(31-2)19-21(32-13-14-6-4-3-5-7-14)20(28)17(12-26-19)22(29)27-11-15-8-9-16(24)10-18(15)25/h3-10,12,21,23H,11,13H2,1-2H3,(H,27,29). The predicted molar refractivity (Wildman–Crippen MR) is 112 cm³/mol. The number of carbonyl (C=O) groups excluding carboxylic acids is 2. The van der Waals surface area contributed by atoms with Gasteiger partial charge in [0.15, 0.2) is 12.4 Å². The van der Waals surface area contributed by atoms with Crippen molar-refractivity contribution in [2.75, 3.05) is 14.2 Å². The van der Waals surface area contributed by atoms with Crippen LogP contribution in [0.15, 0.2) is 65.3 Å². The van der Waals surface area contributed by atoms with Gasteiger partial charge in [-0.15, -0.1) is 0 Å². The summed E-state index contributed by atoms with van der Waals surface area (Å²) in [4.78, 5) is 29.9. The predicted octanol–water partition coefficient (Wildman–Crippen LogP) is 2.69. The number of hydrogen-bond acceptors (Lipinski definition) is 6. The number of aliphatic imine (C=N–C) groups is 1. The third kappa shape index (κ3) is 5.50. The number of ketones is 1. The molecule has 168 valence electrons. The van der Waals surface area contributed by atoms with Crippen LogP contribution in [0.4, 0.5) is 8.78 Å². The molecule has 1 heterocycles. The van der Waals surface area contributed by atoms with Gasteiger partial charge in [0.25, 0.3) is 5.91 Å². The van der Waals surface area contributed by atoms with Crippen LogP contribution in [0.3, 0.4) is 0 Å². The average molecular weight is 444 g/mol. The molecule has 3 rings (SSSR count). The zero-order valence-electron chi connectivity index (χ0n) is 17.5. The van der Waals surface area contributed by atoms with Gasteiger partial charge >= 0.3 is 0 Å². The van der Waals surface area contributed by atoms with Gasteiger partial charge in [0.05, 0.1) is 6.61 Å². The zero-order valence-corrected chi connectivity index (χ0v) is 17.5. The van der Waals surface area contributed by atoms with Crippen molar-refractivity contribution in [1.29, 1.82) is 0 Å². The van der Waals surface area contributed by atoms with E-state index in [2.05, 4.69) is 10.3 Å². The number of methoxy groups -OCH3 is 2. The molecule has 1 N–H and O–H groups in total. The maximum absolute atomic E-state index is 13.8. The summed E-state index contributed by atoms with van der Waals surface area (Å²) in [5, 5.41) is 2.45. The van der Waals surface area contributed by atoms with E-state index in [0.717, 1.165) is 17.8 Å². The van der Waals surface area contributed by atoms with Crippen molar-refractivity contribution in [1.82, 2.24) is 5.32 Å². The number of ether oxygens (including phenoxy) is 3. The molecule has 1 aliphatic rings. The summed E-state index contributed by atoms with van der Waals surface area (Å²) in [7, 11) is 2.77. The fraction of sp³-hybridized carbons (Fsp3) is 0.261. The second-order valence-electron chi connectivity index (χ2n) is 6.86. The molecule has 0 fully saturated rings. The maximum atomic E-state index is 13.8. The normalized spacial score (nSPS) is 16.0. The van der Waals surface area contributed by atoms with E-state index in [9.17, 15) is 18.4 Å². The van der Waals surface area contributed by atoms with E-state index < -0.39 is 35.7 Å². The minimum absolute atomic E-state index is 0.0727. The maximum Gasteiger partial charge on any atom is 0.256 e. The summed E-state index contributed by atoms with van der Waals surface area (Å²) in [5.74, 6) is -2.93. The Bertz CT molecular complexity index is 1040. The van der Waals surface area contributed by atoms with E-state index in [-0.39, 0.29) is 30.0 Å². The van der Waals surface area contributed by atoms with Crippen LogP contribution in [0, 0.1) is 11.6 Å². The topological polar surface area (TPSA) is 86.2 Å². The van der Waals surface area contributed by atoms with Crippen LogP contribution in [0.25, 0.3) is 0 Å². The number of halogens is 2. The highest BCUT2D eigenvalue weighted by molar-refractivity contribution is 6.28. The first kappa shape index (κ1) is 23.4. The number of nitrogens with one attached hydrogen (secondary N) is 1. The summed E-state index contributed by atoms with van der Waals surface area (Å²) in [5.41, 5.74) is 0.791. The molecule has 2 aromatic carbocycles. The summed E-state index contributed by atoms with van der Waals surface area (Å²) >= 11 is 0.